The zero-order chi connectivity index (χ0) is 23.3. The van der Waals surface area contributed by atoms with Crippen LogP contribution in [0.3, 0.4) is 0 Å². The summed E-state index contributed by atoms with van der Waals surface area (Å²) >= 11 is 0. The van der Waals surface area contributed by atoms with Crippen molar-refractivity contribution in [1.29, 1.82) is 0 Å². The fraction of sp³-hybridized carbons (Fsp3) is 0.917. The second-order valence-corrected chi connectivity index (χ2v) is 9.95. The highest BCUT2D eigenvalue weighted by Gasteiger charge is 2.35. The zero-order valence-corrected chi connectivity index (χ0v) is 20.7. The standard InChI is InChI=1S/C24H46O6/c1-9-27-17-11-14-24(15-12-18-28-10-2,19-21(26)30-23(6,7)8)16-13-20(25)29-22(3,4)5/h9-19H2,1-8H3. The van der Waals surface area contributed by atoms with Gasteiger partial charge in [0, 0.05) is 32.8 Å². The maximum absolute atomic E-state index is 12.7. The van der Waals surface area contributed by atoms with Gasteiger partial charge in [0.25, 0.3) is 0 Å². The van der Waals surface area contributed by atoms with Crippen molar-refractivity contribution in [3.05, 3.63) is 0 Å². The molecule has 0 saturated carbocycles. The minimum Gasteiger partial charge on any atom is -0.460 e. The van der Waals surface area contributed by atoms with E-state index >= 15 is 0 Å². The van der Waals surface area contributed by atoms with Gasteiger partial charge in [-0.25, -0.2) is 0 Å². The maximum Gasteiger partial charge on any atom is 0.306 e. The fourth-order valence-electron chi connectivity index (χ4n) is 3.47. The van der Waals surface area contributed by atoms with Gasteiger partial charge < -0.3 is 18.9 Å². The first-order chi connectivity index (χ1) is 13.8. The Morgan fingerprint density at radius 1 is 0.667 bits per heavy atom. The number of rotatable bonds is 15. The number of carbonyl (C=O) groups excluding carboxylic acids is 2. The van der Waals surface area contributed by atoms with Gasteiger partial charge in [-0.15, -0.1) is 0 Å². The molecule has 0 saturated heterocycles. The lowest BCUT2D eigenvalue weighted by Gasteiger charge is -2.35. The molecule has 0 amide bonds. The van der Waals surface area contributed by atoms with Crippen molar-refractivity contribution in [2.45, 2.75) is 112 Å². The average molecular weight is 431 g/mol. The van der Waals surface area contributed by atoms with Crippen LogP contribution in [0.15, 0.2) is 0 Å². The predicted molar refractivity (Wildman–Crippen MR) is 119 cm³/mol. The molecule has 0 atom stereocenters. The fourth-order valence-corrected chi connectivity index (χ4v) is 3.47. The molecule has 0 spiro atoms. The third kappa shape index (κ3) is 15.7. The van der Waals surface area contributed by atoms with E-state index in [0.29, 0.717) is 32.8 Å². The van der Waals surface area contributed by atoms with Crippen molar-refractivity contribution in [3.63, 3.8) is 0 Å². The number of ether oxygens (including phenoxy) is 4. The minimum atomic E-state index is -0.537. The van der Waals surface area contributed by atoms with Crippen LogP contribution in [-0.2, 0) is 28.5 Å². The van der Waals surface area contributed by atoms with Crippen molar-refractivity contribution < 1.29 is 28.5 Å². The lowest BCUT2D eigenvalue weighted by atomic mass is 9.72. The molecular weight excluding hydrogens is 384 g/mol. The van der Waals surface area contributed by atoms with Crippen molar-refractivity contribution in [1.82, 2.24) is 0 Å². The maximum atomic E-state index is 12.7. The Hall–Kier alpha value is -1.14. The van der Waals surface area contributed by atoms with Crippen molar-refractivity contribution in [2.24, 2.45) is 5.41 Å². The molecule has 0 unspecified atom stereocenters. The van der Waals surface area contributed by atoms with E-state index in [9.17, 15) is 9.59 Å². The third-order valence-electron chi connectivity index (χ3n) is 4.62. The summed E-state index contributed by atoms with van der Waals surface area (Å²) in [6.45, 7) is 17.8. The Morgan fingerprint density at radius 3 is 1.50 bits per heavy atom. The smallest absolute Gasteiger partial charge is 0.306 e. The quantitative estimate of drug-likeness (QED) is 0.254. The summed E-state index contributed by atoms with van der Waals surface area (Å²) in [7, 11) is 0. The summed E-state index contributed by atoms with van der Waals surface area (Å²) in [5, 5.41) is 0. The molecule has 0 aromatic carbocycles. The molecule has 0 rings (SSSR count). The van der Waals surface area contributed by atoms with Crippen molar-refractivity contribution in [3.8, 4) is 0 Å². The molecule has 6 nitrogen and oxygen atoms in total. The minimum absolute atomic E-state index is 0.223. The number of carbonyl (C=O) groups is 2. The van der Waals surface area contributed by atoms with E-state index in [1.807, 2.05) is 55.4 Å². The Kier molecular flexibility index (Phi) is 13.5. The third-order valence-corrected chi connectivity index (χ3v) is 4.62. The molecule has 0 fully saturated rings. The Bertz CT molecular complexity index is 475. The van der Waals surface area contributed by atoms with Gasteiger partial charge in [0.1, 0.15) is 11.2 Å². The summed E-state index contributed by atoms with van der Waals surface area (Å²) < 4.78 is 22.2. The van der Waals surface area contributed by atoms with Gasteiger partial charge >= 0.3 is 11.9 Å². The van der Waals surface area contributed by atoms with Crippen LogP contribution in [0.5, 0.6) is 0 Å². The van der Waals surface area contributed by atoms with Gasteiger partial charge in [0.05, 0.1) is 6.42 Å². The van der Waals surface area contributed by atoms with Crippen LogP contribution in [0.1, 0.15) is 100 Å². The van der Waals surface area contributed by atoms with Gasteiger partial charge in [-0.1, -0.05) is 0 Å². The van der Waals surface area contributed by atoms with E-state index in [4.69, 9.17) is 18.9 Å². The lowest BCUT2D eigenvalue weighted by Crippen LogP contribution is -2.32. The van der Waals surface area contributed by atoms with Gasteiger partial charge in [-0.2, -0.15) is 0 Å². The first-order valence-electron chi connectivity index (χ1n) is 11.4. The highest BCUT2D eigenvalue weighted by atomic mass is 16.6. The first-order valence-corrected chi connectivity index (χ1v) is 11.4. The zero-order valence-electron chi connectivity index (χ0n) is 20.7. The molecule has 0 aromatic rings. The van der Waals surface area contributed by atoms with Gasteiger partial charge in [-0.05, 0) is 92.9 Å². The monoisotopic (exact) mass is 430 g/mol. The molecule has 0 aliphatic heterocycles. The van der Waals surface area contributed by atoms with E-state index in [0.717, 1.165) is 25.7 Å². The molecule has 0 aliphatic rings. The SMILES string of the molecule is CCOCCCC(CCCOCC)(CCC(=O)OC(C)(C)C)CC(=O)OC(C)(C)C. The van der Waals surface area contributed by atoms with E-state index in [-0.39, 0.29) is 30.2 Å². The highest BCUT2D eigenvalue weighted by Crippen LogP contribution is 2.40. The van der Waals surface area contributed by atoms with E-state index < -0.39 is 11.2 Å². The largest absolute Gasteiger partial charge is 0.460 e. The average Bonchev–Trinajstić information content (AvgIpc) is 2.57. The summed E-state index contributed by atoms with van der Waals surface area (Å²) in [6, 6.07) is 0. The topological polar surface area (TPSA) is 71.1 Å². The van der Waals surface area contributed by atoms with Crippen LogP contribution in [0.25, 0.3) is 0 Å². The summed E-state index contributed by atoms with van der Waals surface area (Å²) in [5.41, 5.74) is -1.40. The molecule has 0 heterocycles. The molecule has 0 N–H and O–H groups in total. The van der Waals surface area contributed by atoms with Gasteiger partial charge in [0.2, 0.25) is 0 Å². The van der Waals surface area contributed by atoms with Crippen LogP contribution in [0.4, 0.5) is 0 Å². The Labute approximate surface area is 184 Å². The first kappa shape index (κ1) is 28.9. The number of esters is 2. The number of hydrogen-bond acceptors (Lipinski definition) is 6. The molecular formula is C24H46O6. The molecule has 0 aliphatic carbocycles. The Morgan fingerprint density at radius 2 is 1.10 bits per heavy atom. The lowest BCUT2D eigenvalue weighted by molar-refractivity contribution is -0.161. The van der Waals surface area contributed by atoms with Crippen molar-refractivity contribution in [2.75, 3.05) is 26.4 Å². The molecule has 30 heavy (non-hydrogen) atoms. The van der Waals surface area contributed by atoms with Crippen LogP contribution >= 0.6 is 0 Å². The van der Waals surface area contributed by atoms with E-state index in [1.165, 1.54) is 0 Å². The Balaban J connectivity index is 5.36. The van der Waals surface area contributed by atoms with Crippen LogP contribution in [0, 0.1) is 5.41 Å². The van der Waals surface area contributed by atoms with E-state index in [2.05, 4.69) is 0 Å². The van der Waals surface area contributed by atoms with Crippen LogP contribution in [-0.4, -0.2) is 49.6 Å². The molecule has 0 aromatic heterocycles. The second-order valence-electron chi connectivity index (χ2n) is 9.95. The highest BCUT2D eigenvalue weighted by molar-refractivity contribution is 5.72. The predicted octanol–water partition coefficient (Wildman–Crippen LogP) is 5.46. The molecule has 0 radical (unpaired) electrons. The van der Waals surface area contributed by atoms with Crippen molar-refractivity contribution >= 4 is 11.9 Å². The molecule has 0 bridgehead atoms. The van der Waals surface area contributed by atoms with Gasteiger partial charge in [0.15, 0.2) is 0 Å². The summed E-state index contributed by atoms with van der Waals surface area (Å²) in [5.74, 6) is -0.454. The number of hydrogen-bond donors (Lipinski definition) is 0. The van der Waals surface area contributed by atoms with Crippen LogP contribution < -0.4 is 0 Å². The van der Waals surface area contributed by atoms with Gasteiger partial charge in [-0.3, -0.25) is 9.59 Å². The molecule has 178 valence electrons. The second kappa shape index (κ2) is 14.0. The molecule has 6 heteroatoms. The normalized spacial score (nSPS) is 12.7. The summed E-state index contributed by atoms with van der Waals surface area (Å²) in [4.78, 5) is 25.1. The summed E-state index contributed by atoms with van der Waals surface area (Å²) in [6.07, 6.45) is 4.40. The van der Waals surface area contributed by atoms with E-state index in [1.54, 1.807) is 0 Å². The van der Waals surface area contributed by atoms with Crippen LogP contribution in [0.2, 0.25) is 0 Å².